The van der Waals surface area contributed by atoms with E-state index >= 15 is 0 Å². The van der Waals surface area contributed by atoms with Crippen LogP contribution in [0.15, 0.2) is 42.5 Å². The fraction of sp³-hybridized carbons (Fsp3) is 0.211. The van der Waals surface area contributed by atoms with E-state index in [2.05, 4.69) is 5.32 Å². The number of aryl methyl sites for hydroxylation is 2. The Balaban J connectivity index is 1.75. The molecule has 1 N–H and O–H groups in total. The largest absolute Gasteiger partial charge is 0.322 e. The van der Waals surface area contributed by atoms with Crippen molar-refractivity contribution in [2.75, 3.05) is 11.1 Å². The van der Waals surface area contributed by atoms with Gasteiger partial charge in [-0.3, -0.25) is 19.3 Å². The maximum absolute atomic E-state index is 12.5. The average Bonchev–Trinajstić information content (AvgIpc) is 2.89. The molecule has 0 unspecified atom stereocenters. The highest BCUT2D eigenvalue weighted by molar-refractivity contribution is 8.14. The van der Waals surface area contributed by atoms with Gasteiger partial charge in [-0.25, -0.2) is 0 Å². The van der Waals surface area contributed by atoms with Crippen LogP contribution in [0, 0.1) is 13.8 Å². The molecule has 0 radical (unpaired) electrons. The second-order valence-corrected chi connectivity index (χ2v) is 6.93. The molecule has 1 saturated heterocycles. The van der Waals surface area contributed by atoms with Crippen molar-refractivity contribution in [3.8, 4) is 0 Å². The maximum atomic E-state index is 12.5. The monoisotopic (exact) mass is 354 g/mol. The molecule has 3 amide bonds. The van der Waals surface area contributed by atoms with Gasteiger partial charge in [0.1, 0.15) is 0 Å². The number of hydrogen-bond donors (Lipinski definition) is 1. The van der Waals surface area contributed by atoms with Gasteiger partial charge in [0, 0.05) is 11.3 Å². The third kappa shape index (κ3) is 3.91. The SMILES string of the molecule is Cc1ccc(NC(=O)c2cccc(CN3C(=O)CSC3=O)c2)c(C)c1. The first kappa shape index (κ1) is 17.2. The average molecular weight is 354 g/mol. The Morgan fingerprint density at radius 3 is 2.64 bits per heavy atom. The number of anilines is 1. The third-order valence-corrected chi connectivity index (χ3v) is 4.86. The summed E-state index contributed by atoms with van der Waals surface area (Å²) in [6.07, 6.45) is 0. The van der Waals surface area contributed by atoms with Gasteiger partial charge in [0.2, 0.25) is 5.91 Å². The predicted molar refractivity (Wildman–Crippen MR) is 98.7 cm³/mol. The van der Waals surface area contributed by atoms with E-state index in [-0.39, 0.29) is 29.4 Å². The van der Waals surface area contributed by atoms with Gasteiger partial charge in [-0.15, -0.1) is 0 Å². The molecular weight excluding hydrogens is 336 g/mol. The van der Waals surface area contributed by atoms with Crippen LogP contribution in [-0.2, 0) is 11.3 Å². The van der Waals surface area contributed by atoms with Crippen LogP contribution in [0.5, 0.6) is 0 Å². The van der Waals surface area contributed by atoms with Crippen molar-refractivity contribution in [2.45, 2.75) is 20.4 Å². The Labute approximate surface area is 150 Å². The normalized spacial score (nSPS) is 14.1. The minimum Gasteiger partial charge on any atom is -0.322 e. The maximum Gasteiger partial charge on any atom is 0.289 e. The number of carbonyl (C=O) groups is 3. The summed E-state index contributed by atoms with van der Waals surface area (Å²) >= 11 is 1.01. The Morgan fingerprint density at radius 2 is 1.96 bits per heavy atom. The molecule has 3 rings (SSSR count). The standard InChI is InChI=1S/C19H18N2O3S/c1-12-6-7-16(13(2)8-12)20-18(23)15-5-3-4-14(9-15)10-21-17(22)11-25-19(21)24/h3-9H,10-11H2,1-2H3,(H,20,23). The van der Waals surface area contributed by atoms with Crippen molar-refractivity contribution < 1.29 is 14.4 Å². The summed E-state index contributed by atoms with van der Waals surface area (Å²) in [5.41, 5.74) is 4.13. The first-order valence-corrected chi connectivity index (χ1v) is 8.87. The highest BCUT2D eigenvalue weighted by atomic mass is 32.2. The van der Waals surface area contributed by atoms with Crippen LogP contribution < -0.4 is 5.32 Å². The van der Waals surface area contributed by atoms with Gasteiger partial charge in [-0.1, -0.05) is 41.6 Å². The van der Waals surface area contributed by atoms with Crippen molar-refractivity contribution in [3.05, 3.63) is 64.7 Å². The minimum atomic E-state index is -0.241. The molecule has 0 aliphatic carbocycles. The van der Waals surface area contributed by atoms with Crippen molar-refractivity contribution in [2.24, 2.45) is 0 Å². The van der Waals surface area contributed by atoms with Crippen LogP contribution in [-0.4, -0.2) is 27.7 Å². The first-order chi connectivity index (χ1) is 11.9. The van der Waals surface area contributed by atoms with Crippen molar-refractivity contribution in [3.63, 3.8) is 0 Å². The Bertz CT molecular complexity index is 847. The molecule has 128 valence electrons. The summed E-state index contributed by atoms with van der Waals surface area (Å²) in [7, 11) is 0. The number of imide groups is 1. The van der Waals surface area contributed by atoms with Gasteiger partial charge in [0.05, 0.1) is 12.3 Å². The van der Waals surface area contributed by atoms with E-state index in [0.717, 1.165) is 34.1 Å². The second-order valence-electron chi connectivity index (χ2n) is 6.01. The van der Waals surface area contributed by atoms with E-state index in [9.17, 15) is 14.4 Å². The highest BCUT2D eigenvalue weighted by Gasteiger charge is 2.29. The molecule has 0 spiro atoms. The van der Waals surface area contributed by atoms with Crippen LogP contribution in [0.2, 0.25) is 0 Å². The lowest BCUT2D eigenvalue weighted by molar-refractivity contribution is -0.125. The molecule has 25 heavy (non-hydrogen) atoms. The number of hydrogen-bond acceptors (Lipinski definition) is 4. The number of thioether (sulfide) groups is 1. The van der Waals surface area contributed by atoms with Crippen LogP contribution in [0.3, 0.4) is 0 Å². The number of amides is 3. The minimum absolute atomic E-state index is 0.186. The molecule has 1 aliphatic heterocycles. The van der Waals surface area contributed by atoms with Crippen LogP contribution in [0.1, 0.15) is 27.0 Å². The van der Waals surface area contributed by atoms with E-state index in [4.69, 9.17) is 0 Å². The van der Waals surface area contributed by atoms with Crippen LogP contribution >= 0.6 is 11.8 Å². The molecule has 0 bridgehead atoms. The lowest BCUT2D eigenvalue weighted by Crippen LogP contribution is -2.28. The highest BCUT2D eigenvalue weighted by Crippen LogP contribution is 2.22. The Kier molecular flexibility index (Phi) is 4.90. The van der Waals surface area contributed by atoms with E-state index < -0.39 is 0 Å². The van der Waals surface area contributed by atoms with E-state index in [1.54, 1.807) is 24.3 Å². The number of nitrogens with one attached hydrogen (secondary N) is 1. The molecule has 6 heteroatoms. The van der Waals surface area contributed by atoms with Crippen LogP contribution in [0.4, 0.5) is 10.5 Å². The molecule has 1 heterocycles. The third-order valence-electron chi connectivity index (χ3n) is 4.00. The number of rotatable bonds is 4. The van der Waals surface area contributed by atoms with E-state index in [1.165, 1.54) is 4.90 Å². The van der Waals surface area contributed by atoms with Gasteiger partial charge in [0.25, 0.3) is 11.1 Å². The number of nitrogens with zero attached hydrogens (tertiary/aromatic N) is 1. The summed E-state index contributed by atoms with van der Waals surface area (Å²) in [6, 6.07) is 12.8. The summed E-state index contributed by atoms with van der Waals surface area (Å²) in [5.74, 6) is -0.228. The molecule has 5 nitrogen and oxygen atoms in total. The first-order valence-electron chi connectivity index (χ1n) is 7.89. The zero-order valence-corrected chi connectivity index (χ0v) is 14.9. The summed E-state index contributed by atoms with van der Waals surface area (Å²) in [5, 5.41) is 2.66. The molecule has 1 fully saturated rings. The zero-order chi connectivity index (χ0) is 18.0. The molecule has 0 saturated carbocycles. The van der Waals surface area contributed by atoms with Crippen LogP contribution in [0.25, 0.3) is 0 Å². The predicted octanol–water partition coefficient (Wildman–Crippen LogP) is 3.75. The summed E-state index contributed by atoms with van der Waals surface area (Å²) < 4.78 is 0. The van der Waals surface area contributed by atoms with Crippen molar-refractivity contribution >= 4 is 34.5 Å². The fourth-order valence-corrected chi connectivity index (χ4v) is 3.40. The summed E-state index contributed by atoms with van der Waals surface area (Å²) in [6.45, 7) is 4.14. The Morgan fingerprint density at radius 1 is 1.16 bits per heavy atom. The lowest BCUT2D eigenvalue weighted by Gasteiger charge is -2.14. The van der Waals surface area contributed by atoms with E-state index in [1.807, 2.05) is 32.0 Å². The van der Waals surface area contributed by atoms with Crippen molar-refractivity contribution in [1.29, 1.82) is 0 Å². The molecule has 0 atom stereocenters. The topological polar surface area (TPSA) is 66.5 Å². The zero-order valence-electron chi connectivity index (χ0n) is 14.0. The lowest BCUT2D eigenvalue weighted by atomic mass is 10.1. The summed E-state index contributed by atoms with van der Waals surface area (Å²) in [4.78, 5) is 37.1. The smallest absolute Gasteiger partial charge is 0.289 e. The molecule has 2 aromatic carbocycles. The Hall–Kier alpha value is -2.60. The quantitative estimate of drug-likeness (QED) is 0.908. The van der Waals surface area contributed by atoms with Gasteiger partial charge in [-0.2, -0.15) is 0 Å². The molecule has 0 aromatic heterocycles. The van der Waals surface area contributed by atoms with Gasteiger partial charge in [0.15, 0.2) is 0 Å². The molecule has 1 aliphatic rings. The fourth-order valence-electron chi connectivity index (χ4n) is 2.68. The number of benzene rings is 2. The van der Waals surface area contributed by atoms with Gasteiger partial charge >= 0.3 is 0 Å². The van der Waals surface area contributed by atoms with E-state index in [0.29, 0.717) is 5.56 Å². The van der Waals surface area contributed by atoms with Crippen molar-refractivity contribution in [1.82, 2.24) is 4.90 Å². The molecular formula is C19H18N2O3S. The van der Waals surface area contributed by atoms with Gasteiger partial charge < -0.3 is 5.32 Å². The van der Waals surface area contributed by atoms with Gasteiger partial charge in [-0.05, 0) is 43.2 Å². The molecule has 2 aromatic rings. The number of carbonyl (C=O) groups excluding carboxylic acids is 3. The second kappa shape index (κ2) is 7.11.